The van der Waals surface area contributed by atoms with E-state index in [0.717, 1.165) is 0 Å². The molecule has 0 bridgehead atoms. The first kappa shape index (κ1) is 18.4. The third kappa shape index (κ3) is 18.5. The molecule has 0 amide bonds. The van der Waals surface area contributed by atoms with Crippen LogP contribution in [0.3, 0.4) is 0 Å². The van der Waals surface area contributed by atoms with Gasteiger partial charge in [0.2, 0.25) is 0 Å². The Morgan fingerprint density at radius 3 is 1.08 bits per heavy atom. The second kappa shape index (κ2) is 9.73. The maximum Gasteiger partial charge on any atom is 0.316 e. The summed E-state index contributed by atoms with van der Waals surface area (Å²) in [7, 11) is 0. The summed E-state index contributed by atoms with van der Waals surface area (Å²) in [6, 6.07) is 0. The van der Waals surface area contributed by atoms with E-state index in [2.05, 4.69) is 25.3 Å². The predicted molar refractivity (Wildman–Crippen MR) is 58.9 cm³/mol. The van der Waals surface area contributed by atoms with E-state index in [1.807, 2.05) is 0 Å². The largest absolute Gasteiger partial charge is 0.480 e. The van der Waals surface area contributed by atoms with Gasteiger partial charge in [0.05, 0.1) is 10.5 Å². The number of thiol groups is 2. The fourth-order valence-corrected chi connectivity index (χ4v) is 0. The summed E-state index contributed by atoms with van der Waals surface area (Å²) in [5, 5.41) is 14.8. The van der Waals surface area contributed by atoms with E-state index in [0.29, 0.717) is 0 Å². The van der Waals surface area contributed by atoms with Gasteiger partial charge in [-0.3, -0.25) is 9.59 Å². The molecule has 0 aromatic carbocycles. The van der Waals surface area contributed by atoms with Crippen molar-refractivity contribution in [3.05, 3.63) is 0 Å². The Kier molecular flexibility index (Phi) is 13.8. The highest BCUT2D eigenvalue weighted by molar-refractivity contribution is 7.81. The molecule has 80 valence electrons. The van der Waals surface area contributed by atoms with Gasteiger partial charge in [0.1, 0.15) is 0 Å². The van der Waals surface area contributed by atoms with Gasteiger partial charge in [-0.1, -0.05) is 7.43 Å². The molecule has 0 aromatic heterocycles. The van der Waals surface area contributed by atoms with Gasteiger partial charge in [-0.2, -0.15) is 25.3 Å². The molecule has 0 spiro atoms. The van der Waals surface area contributed by atoms with Crippen LogP contribution in [0.15, 0.2) is 0 Å². The molecular formula is C7H16O4S2. The van der Waals surface area contributed by atoms with Crippen LogP contribution in [0.4, 0.5) is 0 Å². The first-order valence-corrected chi connectivity index (χ1v) is 4.14. The van der Waals surface area contributed by atoms with Crippen molar-refractivity contribution in [3.63, 3.8) is 0 Å². The minimum Gasteiger partial charge on any atom is -0.480 e. The molecule has 0 heterocycles. The molecule has 0 fully saturated rings. The maximum absolute atomic E-state index is 9.62. The van der Waals surface area contributed by atoms with Gasteiger partial charge in [0.15, 0.2) is 0 Å². The molecule has 0 rings (SSSR count). The molecular weight excluding hydrogens is 212 g/mol. The van der Waals surface area contributed by atoms with Crippen molar-refractivity contribution in [2.45, 2.75) is 31.8 Å². The highest BCUT2D eigenvalue weighted by Crippen LogP contribution is 1.88. The topological polar surface area (TPSA) is 74.6 Å². The van der Waals surface area contributed by atoms with Gasteiger partial charge in [-0.05, 0) is 13.8 Å². The number of aliphatic carboxylic acids is 2. The van der Waals surface area contributed by atoms with Gasteiger partial charge in [0, 0.05) is 0 Å². The molecule has 0 aliphatic carbocycles. The number of carboxylic acid groups (broad SMARTS) is 2. The number of carboxylic acids is 2. The highest BCUT2D eigenvalue weighted by atomic mass is 32.1. The lowest BCUT2D eigenvalue weighted by atomic mass is 10.5. The van der Waals surface area contributed by atoms with Crippen molar-refractivity contribution < 1.29 is 19.8 Å². The Morgan fingerprint density at radius 1 is 1.00 bits per heavy atom. The van der Waals surface area contributed by atoms with Crippen molar-refractivity contribution in [2.75, 3.05) is 0 Å². The monoisotopic (exact) mass is 228 g/mol. The molecule has 13 heavy (non-hydrogen) atoms. The van der Waals surface area contributed by atoms with Crippen LogP contribution in [0.5, 0.6) is 0 Å². The summed E-state index contributed by atoms with van der Waals surface area (Å²) < 4.78 is 0. The van der Waals surface area contributed by atoms with Crippen molar-refractivity contribution in [1.29, 1.82) is 0 Å². The van der Waals surface area contributed by atoms with E-state index in [-0.39, 0.29) is 7.43 Å². The van der Waals surface area contributed by atoms with E-state index < -0.39 is 22.4 Å². The van der Waals surface area contributed by atoms with Gasteiger partial charge >= 0.3 is 11.9 Å². The normalized spacial score (nSPS) is 12.6. The Balaban J connectivity index is -0.000000143. The van der Waals surface area contributed by atoms with Crippen LogP contribution >= 0.6 is 25.3 Å². The first-order valence-electron chi connectivity index (χ1n) is 3.10. The lowest BCUT2D eigenvalue weighted by Crippen LogP contribution is -2.06. The van der Waals surface area contributed by atoms with Crippen LogP contribution in [-0.2, 0) is 9.59 Å². The number of hydrogen-bond acceptors (Lipinski definition) is 4. The zero-order valence-corrected chi connectivity index (χ0v) is 8.55. The smallest absolute Gasteiger partial charge is 0.316 e. The van der Waals surface area contributed by atoms with Gasteiger partial charge in [0.25, 0.3) is 0 Å². The summed E-state index contributed by atoms with van der Waals surface area (Å²) in [6.45, 7) is 3.01. The van der Waals surface area contributed by atoms with Crippen LogP contribution in [-0.4, -0.2) is 32.7 Å². The predicted octanol–water partition coefficient (Wildman–Crippen LogP) is 1.41. The van der Waals surface area contributed by atoms with Crippen LogP contribution in [0.2, 0.25) is 0 Å². The molecule has 0 aromatic rings. The van der Waals surface area contributed by atoms with Crippen LogP contribution in [0, 0.1) is 0 Å². The Hall–Kier alpha value is -0.360. The summed E-state index contributed by atoms with van der Waals surface area (Å²) in [6.07, 6.45) is 0. The summed E-state index contributed by atoms with van der Waals surface area (Å²) in [5.74, 6) is -1.75. The number of hydrogen-bond donors (Lipinski definition) is 4. The fraction of sp³-hybridized carbons (Fsp3) is 0.714. The first-order chi connectivity index (χ1) is 5.29. The quantitative estimate of drug-likeness (QED) is 0.539. The molecule has 0 radical (unpaired) electrons. The summed E-state index contributed by atoms with van der Waals surface area (Å²) >= 11 is 7.19. The van der Waals surface area contributed by atoms with Gasteiger partial charge in [-0.15, -0.1) is 0 Å². The molecule has 2 atom stereocenters. The van der Waals surface area contributed by atoms with Gasteiger partial charge < -0.3 is 10.2 Å². The van der Waals surface area contributed by atoms with Crippen molar-refractivity contribution >= 4 is 37.2 Å². The van der Waals surface area contributed by atoms with E-state index in [1.54, 1.807) is 0 Å². The SMILES string of the molecule is C.CC(S)C(=O)O.CC(S)C(=O)O. The zero-order valence-electron chi connectivity index (χ0n) is 6.76. The van der Waals surface area contributed by atoms with Crippen LogP contribution < -0.4 is 0 Å². The lowest BCUT2D eigenvalue weighted by Gasteiger charge is -1.88. The van der Waals surface area contributed by atoms with E-state index in [1.165, 1.54) is 13.8 Å². The summed E-state index contributed by atoms with van der Waals surface area (Å²) in [5.41, 5.74) is 0. The van der Waals surface area contributed by atoms with Gasteiger partial charge in [-0.25, -0.2) is 0 Å². The minimum atomic E-state index is -0.877. The minimum absolute atomic E-state index is 0. The van der Waals surface area contributed by atoms with E-state index in [9.17, 15) is 9.59 Å². The number of rotatable bonds is 2. The lowest BCUT2D eigenvalue weighted by molar-refractivity contribution is -0.137. The third-order valence-electron chi connectivity index (χ3n) is 0.715. The average molecular weight is 228 g/mol. The van der Waals surface area contributed by atoms with E-state index >= 15 is 0 Å². The molecule has 4 nitrogen and oxygen atoms in total. The van der Waals surface area contributed by atoms with Crippen molar-refractivity contribution in [1.82, 2.24) is 0 Å². The van der Waals surface area contributed by atoms with Crippen molar-refractivity contribution in [2.24, 2.45) is 0 Å². The molecule has 0 aliphatic heterocycles. The molecule has 0 saturated carbocycles. The molecule has 2 unspecified atom stereocenters. The standard InChI is InChI=1S/2C3H6O2S.CH4/c2*1-2(6)3(4)5;/h2*2,6H,1H3,(H,4,5);1H4. The second-order valence-corrected chi connectivity index (χ2v) is 3.58. The molecule has 0 saturated heterocycles. The molecule has 0 aliphatic rings. The fourth-order valence-electron chi connectivity index (χ4n) is 0. The highest BCUT2D eigenvalue weighted by Gasteiger charge is 2.00. The van der Waals surface area contributed by atoms with Crippen molar-refractivity contribution in [3.8, 4) is 0 Å². The summed E-state index contributed by atoms with van der Waals surface area (Å²) in [4.78, 5) is 19.2. The molecule has 2 N–H and O–H groups in total. The zero-order chi connectivity index (χ0) is 10.3. The van der Waals surface area contributed by atoms with Crippen LogP contribution in [0.25, 0.3) is 0 Å². The Bertz CT molecular complexity index is 139. The number of carbonyl (C=O) groups is 2. The third-order valence-corrected chi connectivity index (χ3v) is 1.16. The average Bonchev–Trinajstić information content (AvgIpc) is 1.88. The maximum atomic E-state index is 9.62. The molecule has 6 heteroatoms. The van der Waals surface area contributed by atoms with Crippen LogP contribution in [0.1, 0.15) is 21.3 Å². The Labute approximate surface area is 89.2 Å². The second-order valence-electron chi connectivity index (χ2n) is 2.03. The Morgan fingerprint density at radius 2 is 1.08 bits per heavy atom. The van der Waals surface area contributed by atoms with E-state index in [4.69, 9.17) is 10.2 Å².